The molecule has 0 aliphatic carbocycles. The van der Waals surface area contributed by atoms with Crippen LogP contribution in [0.25, 0.3) is 16.6 Å². The summed E-state index contributed by atoms with van der Waals surface area (Å²) in [5, 5.41) is 3.02. The minimum absolute atomic E-state index is 0.0319. The van der Waals surface area contributed by atoms with Crippen molar-refractivity contribution >= 4 is 22.5 Å². The molecule has 1 amide bonds. The van der Waals surface area contributed by atoms with Gasteiger partial charge in [-0.25, -0.2) is 18.1 Å². The van der Waals surface area contributed by atoms with Crippen molar-refractivity contribution in [1.29, 1.82) is 0 Å². The van der Waals surface area contributed by atoms with Crippen molar-refractivity contribution in [3.05, 3.63) is 105 Å². The van der Waals surface area contributed by atoms with Gasteiger partial charge in [0.2, 0.25) is 5.75 Å². The molecule has 288 valence electrons. The first-order chi connectivity index (χ1) is 26.4. The number of pyridine rings is 1. The summed E-state index contributed by atoms with van der Waals surface area (Å²) in [5.74, 6) is -0.798. The molecule has 1 N–H and O–H groups in total. The van der Waals surface area contributed by atoms with Crippen molar-refractivity contribution in [2.75, 3.05) is 44.8 Å². The Kier molecular flexibility index (Phi) is 10.6. The van der Waals surface area contributed by atoms with E-state index < -0.39 is 34.8 Å². The second kappa shape index (κ2) is 15.5. The summed E-state index contributed by atoms with van der Waals surface area (Å²) in [6.45, 7) is 12.3. The standard InChI is InChI=1S/C41H43F2N5O7/c1-25(2)47-24-29(39(50)48(40(47)51)28-9-6-26(42)7-10-28)38(49)45-27-8-11-32(30(43)22-27)55-33-12-15-44-31-23-34(36-37(35(31)33)54-21-20-53-36)52-19-5-16-46-17-13-41(3,4)14-18-46/h6-12,15,22-25H,5,13-14,16-21H2,1-4H3,(H,45,49). The normalized spacial score (nSPS) is 15.3. The topological polar surface area (TPSA) is 126 Å². The average molecular weight is 756 g/mol. The molecule has 0 atom stereocenters. The van der Waals surface area contributed by atoms with Crippen LogP contribution in [0.1, 0.15) is 63.4 Å². The number of hydrogen-bond acceptors (Lipinski definition) is 9. The summed E-state index contributed by atoms with van der Waals surface area (Å²) in [7, 11) is 0. The van der Waals surface area contributed by atoms with Crippen molar-refractivity contribution in [3.8, 4) is 34.4 Å². The highest BCUT2D eigenvalue weighted by molar-refractivity contribution is 6.04. The molecule has 1 saturated heterocycles. The van der Waals surface area contributed by atoms with Gasteiger partial charge in [0.1, 0.15) is 30.3 Å². The second-order valence-electron chi connectivity index (χ2n) is 14.8. The number of carbonyl (C=O) groups is 1. The number of nitrogens with one attached hydrogen (secondary N) is 1. The summed E-state index contributed by atoms with van der Waals surface area (Å²) in [5.41, 5.74) is -0.965. The third-order valence-corrected chi connectivity index (χ3v) is 9.94. The molecule has 0 bridgehead atoms. The molecular formula is C41H43F2N5O7. The Bertz CT molecular complexity index is 2350. The van der Waals surface area contributed by atoms with Gasteiger partial charge in [0.25, 0.3) is 11.5 Å². The lowest BCUT2D eigenvalue weighted by molar-refractivity contribution is 0.102. The molecule has 0 saturated carbocycles. The minimum Gasteiger partial charge on any atom is -0.489 e. The maximum atomic E-state index is 15.6. The fraction of sp³-hybridized carbons (Fsp3) is 0.366. The summed E-state index contributed by atoms with van der Waals surface area (Å²) in [6.07, 6.45) is 5.91. The Labute approximate surface area is 316 Å². The van der Waals surface area contributed by atoms with Gasteiger partial charge in [-0.15, -0.1) is 0 Å². The number of piperidine rings is 1. The molecule has 2 aliphatic rings. The smallest absolute Gasteiger partial charge is 0.335 e. The molecule has 12 nitrogen and oxygen atoms in total. The van der Waals surface area contributed by atoms with E-state index in [2.05, 4.69) is 29.0 Å². The van der Waals surface area contributed by atoms with Gasteiger partial charge in [0.15, 0.2) is 23.1 Å². The van der Waals surface area contributed by atoms with Gasteiger partial charge in [0, 0.05) is 42.8 Å². The lowest BCUT2D eigenvalue weighted by Gasteiger charge is -2.36. The van der Waals surface area contributed by atoms with Crippen molar-refractivity contribution in [1.82, 2.24) is 19.0 Å². The molecule has 2 aromatic heterocycles. The van der Waals surface area contributed by atoms with E-state index in [4.69, 9.17) is 18.9 Å². The van der Waals surface area contributed by atoms with Gasteiger partial charge in [0.05, 0.1) is 23.2 Å². The molecule has 14 heteroatoms. The molecule has 5 aromatic rings. The van der Waals surface area contributed by atoms with Gasteiger partial charge in [-0.1, -0.05) is 13.8 Å². The summed E-state index contributed by atoms with van der Waals surface area (Å²) < 4.78 is 55.6. The highest BCUT2D eigenvalue weighted by Crippen LogP contribution is 2.48. The number of likely N-dealkylation sites (tertiary alicyclic amines) is 1. The number of rotatable bonds is 11. The van der Waals surface area contributed by atoms with Gasteiger partial charge in [-0.05, 0) is 94.1 Å². The number of fused-ring (bicyclic) bond motifs is 3. The van der Waals surface area contributed by atoms with Crippen molar-refractivity contribution < 1.29 is 32.5 Å². The fourth-order valence-electron chi connectivity index (χ4n) is 6.71. The quantitative estimate of drug-likeness (QED) is 0.140. The number of nitrogens with zero attached hydrogens (tertiary/aromatic N) is 4. The number of hydrogen-bond donors (Lipinski definition) is 1. The van der Waals surface area contributed by atoms with Gasteiger partial charge in [-0.3, -0.25) is 19.1 Å². The van der Waals surface area contributed by atoms with Crippen LogP contribution in [-0.2, 0) is 0 Å². The van der Waals surface area contributed by atoms with Crippen LogP contribution in [-0.4, -0.2) is 64.4 Å². The molecular weight excluding hydrogens is 712 g/mol. The highest BCUT2D eigenvalue weighted by Gasteiger charge is 2.27. The fourth-order valence-corrected chi connectivity index (χ4v) is 6.71. The second-order valence-corrected chi connectivity index (χ2v) is 14.8. The molecule has 0 spiro atoms. The summed E-state index contributed by atoms with van der Waals surface area (Å²) >= 11 is 0. The lowest BCUT2D eigenvalue weighted by Crippen LogP contribution is -2.42. The third-order valence-electron chi connectivity index (χ3n) is 9.94. The lowest BCUT2D eigenvalue weighted by atomic mass is 9.83. The molecule has 55 heavy (non-hydrogen) atoms. The first kappa shape index (κ1) is 37.6. The van der Waals surface area contributed by atoms with E-state index in [9.17, 15) is 18.8 Å². The van der Waals surface area contributed by atoms with Crippen LogP contribution in [0.15, 0.2) is 76.6 Å². The van der Waals surface area contributed by atoms with Crippen LogP contribution in [0.3, 0.4) is 0 Å². The number of benzene rings is 3. The van der Waals surface area contributed by atoms with E-state index in [1.807, 2.05) is 0 Å². The number of ether oxygens (including phenoxy) is 4. The zero-order valence-corrected chi connectivity index (χ0v) is 31.2. The van der Waals surface area contributed by atoms with Crippen LogP contribution in [0.4, 0.5) is 14.5 Å². The molecule has 7 rings (SSSR count). The molecule has 4 heterocycles. The van der Waals surface area contributed by atoms with E-state index in [0.717, 1.165) is 55.0 Å². The van der Waals surface area contributed by atoms with E-state index in [1.165, 1.54) is 47.9 Å². The largest absolute Gasteiger partial charge is 0.489 e. The molecule has 1 fully saturated rings. The number of anilines is 1. The SMILES string of the molecule is CC(C)n1cc(C(=O)Nc2ccc(Oc3ccnc4cc(OCCCN5CCC(C)(C)CC5)c5c(c34)OCCO5)c(F)c2)c(=O)n(-c2ccc(F)cc2)c1=O. The Morgan fingerprint density at radius 3 is 2.38 bits per heavy atom. The Hall–Kier alpha value is -5.76. The van der Waals surface area contributed by atoms with Gasteiger partial charge < -0.3 is 29.2 Å². The molecule has 2 aliphatic heterocycles. The van der Waals surface area contributed by atoms with Crippen LogP contribution >= 0.6 is 0 Å². The Balaban J connectivity index is 1.09. The van der Waals surface area contributed by atoms with E-state index >= 15 is 4.39 Å². The van der Waals surface area contributed by atoms with E-state index in [-0.39, 0.29) is 35.0 Å². The monoisotopic (exact) mass is 755 g/mol. The van der Waals surface area contributed by atoms with Crippen LogP contribution in [0.5, 0.6) is 28.7 Å². The van der Waals surface area contributed by atoms with Gasteiger partial charge in [-0.2, -0.15) is 0 Å². The van der Waals surface area contributed by atoms with Crippen LogP contribution in [0.2, 0.25) is 0 Å². The van der Waals surface area contributed by atoms with E-state index in [1.54, 1.807) is 26.0 Å². The third kappa shape index (κ3) is 8.04. The summed E-state index contributed by atoms with van der Waals surface area (Å²) in [4.78, 5) is 47.1. The van der Waals surface area contributed by atoms with Crippen LogP contribution < -0.4 is 35.5 Å². The average Bonchev–Trinajstić information content (AvgIpc) is 3.15. The molecule has 0 radical (unpaired) electrons. The number of aromatic nitrogens is 3. The van der Waals surface area contributed by atoms with E-state index in [0.29, 0.717) is 46.8 Å². The molecule has 3 aromatic carbocycles. The van der Waals surface area contributed by atoms with Crippen molar-refractivity contribution in [2.24, 2.45) is 5.41 Å². The van der Waals surface area contributed by atoms with Crippen LogP contribution in [0, 0.1) is 17.0 Å². The Morgan fingerprint density at radius 1 is 0.945 bits per heavy atom. The Morgan fingerprint density at radius 2 is 1.67 bits per heavy atom. The summed E-state index contributed by atoms with van der Waals surface area (Å²) in [6, 6.07) is 11.5. The van der Waals surface area contributed by atoms with Crippen molar-refractivity contribution in [2.45, 2.75) is 53.0 Å². The maximum Gasteiger partial charge on any atom is 0.335 e. The van der Waals surface area contributed by atoms with Crippen molar-refractivity contribution in [3.63, 3.8) is 0 Å². The zero-order chi connectivity index (χ0) is 38.9. The zero-order valence-electron chi connectivity index (χ0n) is 31.2. The highest BCUT2D eigenvalue weighted by atomic mass is 19.1. The number of amides is 1. The number of halogens is 2. The predicted molar refractivity (Wildman–Crippen MR) is 203 cm³/mol. The minimum atomic E-state index is -0.916. The van der Waals surface area contributed by atoms with Gasteiger partial charge >= 0.3 is 5.69 Å². The first-order valence-corrected chi connectivity index (χ1v) is 18.4. The maximum absolute atomic E-state index is 15.6. The predicted octanol–water partition coefficient (Wildman–Crippen LogP) is 7.11. The first-order valence-electron chi connectivity index (χ1n) is 18.4. The molecule has 0 unspecified atom stereocenters. The number of carbonyl (C=O) groups excluding carboxylic acids is 1.